The summed E-state index contributed by atoms with van der Waals surface area (Å²) in [6, 6.07) is 4.96. The number of hydrogen-bond acceptors (Lipinski definition) is 4. The Morgan fingerprint density at radius 2 is 2.08 bits per heavy atom. The fourth-order valence-corrected chi connectivity index (χ4v) is 4.84. The molecule has 6 heteroatoms. The predicted molar refractivity (Wildman–Crippen MR) is 97.5 cm³/mol. The van der Waals surface area contributed by atoms with E-state index in [-0.39, 0.29) is 23.7 Å². The van der Waals surface area contributed by atoms with Gasteiger partial charge in [0, 0.05) is 12.5 Å². The quantitative estimate of drug-likeness (QED) is 0.803. The van der Waals surface area contributed by atoms with Crippen LogP contribution in [0.4, 0.5) is 9.52 Å². The van der Waals surface area contributed by atoms with Crippen LogP contribution in [0.2, 0.25) is 0 Å². The molecule has 1 aliphatic heterocycles. The number of benzene rings is 1. The fraction of sp³-hybridized carbons (Fsp3) is 0.579. The SMILES string of the molecule is O=C(C1CCCCC1)N(CC1CCCO1)c1nc2c(F)cccc2s1. The first-order chi connectivity index (χ1) is 12.2. The minimum Gasteiger partial charge on any atom is -0.376 e. The molecule has 0 N–H and O–H groups in total. The number of amides is 1. The Morgan fingerprint density at radius 3 is 2.80 bits per heavy atom. The highest BCUT2D eigenvalue weighted by atomic mass is 32.1. The topological polar surface area (TPSA) is 42.4 Å². The van der Waals surface area contributed by atoms with Crippen LogP contribution >= 0.6 is 11.3 Å². The third kappa shape index (κ3) is 3.55. The van der Waals surface area contributed by atoms with Crippen LogP contribution in [-0.2, 0) is 9.53 Å². The molecule has 2 heterocycles. The van der Waals surface area contributed by atoms with Crippen molar-refractivity contribution < 1.29 is 13.9 Å². The van der Waals surface area contributed by atoms with E-state index < -0.39 is 0 Å². The van der Waals surface area contributed by atoms with Crippen LogP contribution in [0.15, 0.2) is 18.2 Å². The highest BCUT2D eigenvalue weighted by Crippen LogP contribution is 2.34. The normalized spacial score (nSPS) is 21.7. The van der Waals surface area contributed by atoms with Crippen LogP contribution in [0.1, 0.15) is 44.9 Å². The summed E-state index contributed by atoms with van der Waals surface area (Å²) in [6.07, 6.45) is 7.38. The second-order valence-corrected chi connectivity index (χ2v) is 8.01. The summed E-state index contributed by atoms with van der Waals surface area (Å²) >= 11 is 1.39. The molecule has 0 bridgehead atoms. The standard InChI is InChI=1S/C19H23FN2O2S/c20-15-9-4-10-16-17(15)21-19(25-16)22(12-14-8-5-11-24-14)18(23)13-6-2-1-3-7-13/h4,9-10,13-14H,1-3,5-8,11-12H2. The summed E-state index contributed by atoms with van der Waals surface area (Å²) < 4.78 is 20.6. The molecule has 1 atom stereocenters. The minimum atomic E-state index is -0.331. The summed E-state index contributed by atoms with van der Waals surface area (Å²) in [5.41, 5.74) is 0.358. The maximum absolute atomic E-state index is 14.0. The van der Waals surface area contributed by atoms with Crippen molar-refractivity contribution in [1.29, 1.82) is 0 Å². The first kappa shape index (κ1) is 16.9. The molecule has 4 rings (SSSR count). The number of halogens is 1. The smallest absolute Gasteiger partial charge is 0.231 e. The molecule has 4 nitrogen and oxygen atoms in total. The van der Waals surface area contributed by atoms with Crippen LogP contribution in [-0.4, -0.2) is 30.1 Å². The van der Waals surface area contributed by atoms with Gasteiger partial charge >= 0.3 is 0 Å². The van der Waals surface area contributed by atoms with Gasteiger partial charge in [-0.05, 0) is 37.8 Å². The number of fused-ring (bicyclic) bond motifs is 1. The lowest BCUT2D eigenvalue weighted by molar-refractivity contribution is -0.123. The van der Waals surface area contributed by atoms with Crippen molar-refractivity contribution in [1.82, 2.24) is 4.98 Å². The molecule has 2 aliphatic rings. The number of carbonyl (C=O) groups is 1. The van der Waals surface area contributed by atoms with E-state index in [0.717, 1.165) is 49.8 Å². The zero-order valence-electron chi connectivity index (χ0n) is 14.2. The van der Waals surface area contributed by atoms with Crippen molar-refractivity contribution in [3.63, 3.8) is 0 Å². The average molecular weight is 362 g/mol. The van der Waals surface area contributed by atoms with Crippen molar-refractivity contribution in [2.45, 2.75) is 51.0 Å². The molecule has 2 fully saturated rings. The third-order valence-electron chi connectivity index (χ3n) is 5.22. The van der Waals surface area contributed by atoms with Crippen LogP contribution < -0.4 is 4.90 Å². The van der Waals surface area contributed by atoms with E-state index >= 15 is 0 Å². The number of nitrogens with zero attached hydrogens (tertiary/aromatic N) is 2. The van der Waals surface area contributed by atoms with Gasteiger partial charge in [0.05, 0.1) is 17.3 Å². The largest absolute Gasteiger partial charge is 0.376 e. The van der Waals surface area contributed by atoms with Crippen molar-refractivity contribution in [2.75, 3.05) is 18.1 Å². The Kier molecular flexibility index (Phi) is 4.99. The number of ether oxygens (including phenoxy) is 1. The molecule has 1 aliphatic carbocycles. The van der Waals surface area contributed by atoms with E-state index in [1.165, 1.54) is 23.8 Å². The van der Waals surface area contributed by atoms with Crippen LogP contribution in [0.25, 0.3) is 10.2 Å². The van der Waals surface area contributed by atoms with E-state index in [1.54, 1.807) is 11.0 Å². The van der Waals surface area contributed by atoms with E-state index in [4.69, 9.17) is 4.74 Å². The minimum absolute atomic E-state index is 0.0596. The van der Waals surface area contributed by atoms with Crippen LogP contribution in [0.3, 0.4) is 0 Å². The maximum atomic E-state index is 14.0. The molecule has 134 valence electrons. The number of rotatable bonds is 4. The fourth-order valence-electron chi connectivity index (χ4n) is 3.84. The Labute approximate surface area is 151 Å². The second-order valence-electron chi connectivity index (χ2n) is 7.00. The molecular weight excluding hydrogens is 339 g/mol. The number of para-hydroxylation sites is 1. The lowest BCUT2D eigenvalue weighted by Gasteiger charge is -2.29. The molecule has 1 saturated heterocycles. The molecule has 1 saturated carbocycles. The van der Waals surface area contributed by atoms with E-state index in [0.29, 0.717) is 17.2 Å². The Bertz CT molecular complexity index is 751. The molecule has 1 amide bonds. The Morgan fingerprint density at radius 1 is 1.24 bits per heavy atom. The molecule has 1 aromatic carbocycles. The lowest BCUT2D eigenvalue weighted by atomic mass is 9.88. The number of aromatic nitrogens is 1. The molecule has 0 spiro atoms. The highest BCUT2D eigenvalue weighted by Gasteiger charge is 2.31. The lowest BCUT2D eigenvalue weighted by Crippen LogP contribution is -2.41. The summed E-state index contributed by atoms with van der Waals surface area (Å²) in [5.74, 6) is -0.135. The van der Waals surface area contributed by atoms with Crippen LogP contribution in [0.5, 0.6) is 0 Å². The molecule has 0 radical (unpaired) electrons. The first-order valence-electron chi connectivity index (χ1n) is 9.20. The maximum Gasteiger partial charge on any atom is 0.231 e. The van der Waals surface area contributed by atoms with Crippen LogP contribution in [0, 0.1) is 11.7 Å². The van der Waals surface area contributed by atoms with E-state index in [9.17, 15) is 9.18 Å². The number of anilines is 1. The Hall–Kier alpha value is -1.53. The van der Waals surface area contributed by atoms with Gasteiger partial charge in [-0.25, -0.2) is 9.37 Å². The molecular formula is C19H23FN2O2S. The van der Waals surface area contributed by atoms with Gasteiger partial charge in [-0.2, -0.15) is 0 Å². The molecule has 2 aromatic rings. The first-order valence-corrected chi connectivity index (χ1v) is 10.0. The van der Waals surface area contributed by atoms with Gasteiger partial charge in [0.1, 0.15) is 11.3 Å². The summed E-state index contributed by atoms with van der Waals surface area (Å²) in [4.78, 5) is 19.4. The number of carbonyl (C=O) groups excluding carboxylic acids is 1. The van der Waals surface area contributed by atoms with Gasteiger partial charge in [-0.3, -0.25) is 9.69 Å². The summed E-state index contributed by atoms with van der Waals surface area (Å²) in [5, 5.41) is 0.603. The van der Waals surface area contributed by atoms with E-state index in [1.807, 2.05) is 6.07 Å². The predicted octanol–water partition coefficient (Wildman–Crippen LogP) is 4.53. The number of hydrogen-bond donors (Lipinski definition) is 0. The van der Waals surface area contributed by atoms with Gasteiger partial charge in [0.25, 0.3) is 0 Å². The number of thiazole rings is 1. The van der Waals surface area contributed by atoms with Crippen molar-refractivity contribution in [3.05, 3.63) is 24.0 Å². The highest BCUT2D eigenvalue weighted by molar-refractivity contribution is 7.22. The molecule has 25 heavy (non-hydrogen) atoms. The zero-order chi connectivity index (χ0) is 17.2. The molecule has 1 unspecified atom stereocenters. The van der Waals surface area contributed by atoms with Crippen molar-refractivity contribution >= 4 is 32.6 Å². The summed E-state index contributed by atoms with van der Waals surface area (Å²) in [6.45, 7) is 1.28. The second kappa shape index (κ2) is 7.38. The zero-order valence-corrected chi connectivity index (χ0v) is 15.1. The average Bonchev–Trinajstić information content (AvgIpc) is 3.30. The summed E-state index contributed by atoms with van der Waals surface area (Å²) in [7, 11) is 0. The molecule has 1 aromatic heterocycles. The van der Waals surface area contributed by atoms with Gasteiger partial charge in [0.2, 0.25) is 5.91 Å². The Balaban J connectivity index is 1.65. The van der Waals surface area contributed by atoms with Gasteiger partial charge in [-0.15, -0.1) is 0 Å². The van der Waals surface area contributed by atoms with Gasteiger partial charge < -0.3 is 4.74 Å². The van der Waals surface area contributed by atoms with E-state index in [2.05, 4.69) is 4.98 Å². The van der Waals surface area contributed by atoms with Gasteiger partial charge in [-0.1, -0.05) is 36.7 Å². The third-order valence-corrected chi connectivity index (χ3v) is 6.26. The van der Waals surface area contributed by atoms with Crippen molar-refractivity contribution in [3.8, 4) is 0 Å². The van der Waals surface area contributed by atoms with Crippen molar-refractivity contribution in [2.24, 2.45) is 5.92 Å². The monoisotopic (exact) mass is 362 g/mol. The van der Waals surface area contributed by atoms with Gasteiger partial charge in [0.15, 0.2) is 5.13 Å².